The molecule has 0 fully saturated rings. The van der Waals surface area contributed by atoms with Crippen LogP contribution in [0.25, 0.3) is 0 Å². The highest BCUT2D eigenvalue weighted by atomic mass is 16.3. The van der Waals surface area contributed by atoms with Crippen LogP contribution in [-0.4, -0.2) is 22.8 Å². The number of aryl methyl sites for hydroxylation is 1. The third kappa shape index (κ3) is 2.91. The van der Waals surface area contributed by atoms with Crippen molar-refractivity contribution < 1.29 is 10.2 Å². The molecule has 2 rings (SSSR count). The Balaban J connectivity index is 2.00. The maximum atomic E-state index is 9.51. The van der Waals surface area contributed by atoms with E-state index >= 15 is 0 Å². The summed E-state index contributed by atoms with van der Waals surface area (Å²) in [6.45, 7) is 3.26. The Morgan fingerprint density at radius 2 is 1.94 bits per heavy atom. The van der Waals surface area contributed by atoms with Gasteiger partial charge in [-0.25, -0.2) is 0 Å². The third-order valence-electron chi connectivity index (χ3n) is 3.49. The first-order valence-corrected chi connectivity index (χ1v) is 6.47. The van der Waals surface area contributed by atoms with Crippen LogP contribution in [0, 0.1) is 0 Å². The van der Waals surface area contributed by atoms with Crippen LogP contribution in [0.3, 0.4) is 0 Å². The minimum absolute atomic E-state index is 0.00106. The predicted molar refractivity (Wildman–Crippen MR) is 68.5 cm³/mol. The van der Waals surface area contributed by atoms with E-state index in [4.69, 9.17) is 0 Å². The molecule has 0 amide bonds. The fourth-order valence-electron chi connectivity index (χ4n) is 2.44. The van der Waals surface area contributed by atoms with Crippen LogP contribution in [0.2, 0.25) is 0 Å². The highest BCUT2D eigenvalue weighted by molar-refractivity contribution is 5.46. The van der Waals surface area contributed by atoms with Gasteiger partial charge in [-0.05, 0) is 55.5 Å². The van der Waals surface area contributed by atoms with E-state index in [1.54, 1.807) is 12.1 Å². The first-order valence-electron chi connectivity index (χ1n) is 6.47. The summed E-state index contributed by atoms with van der Waals surface area (Å²) in [5, 5.41) is 22.5. The average molecular weight is 235 g/mol. The summed E-state index contributed by atoms with van der Waals surface area (Å²) in [7, 11) is 0. The minimum atomic E-state index is -0.00189. The molecule has 0 aromatic heterocycles. The molecule has 0 bridgehead atoms. The molecule has 3 nitrogen and oxygen atoms in total. The van der Waals surface area contributed by atoms with E-state index in [1.165, 1.54) is 24.0 Å². The number of phenolic OH excluding ortho intramolecular Hbond substituents is 2. The fraction of sp³-hybridized carbons (Fsp3) is 0.571. The van der Waals surface area contributed by atoms with Crippen molar-refractivity contribution in [2.45, 2.75) is 45.1 Å². The summed E-state index contributed by atoms with van der Waals surface area (Å²) in [5.41, 5.74) is 2.34. The van der Waals surface area contributed by atoms with Gasteiger partial charge in [-0.2, -0.15) is 0 Å². The van der Waals surface area contributed by atoms with E-state index in [1.807, 2.05) is 0 Å². The highest BCUT2D eigenvalue weighted by Gasteiger charge is 2.19. The molecule has 0 saturated carbocycles. The van der Waals surface area contributed by atoms with Gasteiger partial charge in [-0.1, -0.05) is 13.3 Å². The van der Waals surface area contributed by atoms with Crippen molar-refractivity contribution in [3.05, 3.63) is 23.3 Å². The Hall–Kier alpha value is -1.22. The number of fused-ring (bicyclic) bond motifs is 1. The van der Waals surface area contributed by atoms with Crippen molar-refractivity contribution in [2.24, 2.45) is 0 Å². The number of hydrogen-bond acceptors (Lipinski definition) is 3. The lowest BCUT2D eigenvalue weighted by atomic mass is 9.88. The lowest BCUT2D eigenvalue weighted by Crippen LogP contribution is -2.35. The molecule has 0 radical (unpaired) electrons. The van der Waals surface area contributed by atoms with Crippen molar-refractivity contribution >= 4 is 0 Å². The topological polar surface area (TPSA) is 52.5 Å². The molecule has 0 spiro atoms. The molecule has 0 unspecified atom stereocenters. The Kier molecular flexibility index (Phi) is 3.89. The van der Waals surface area contributed by atoms with Gasteiger partial charge in [0.2, 0.25) is 0 Å². The molecular formula is C14H21NO2. The van der Waals surface area contributed by atoms with Gasteiger partial charge >= 0.3 is 0 Å². The lowest BCUT2D eigenvalue weighted by molar-refractivity contribution is 0.398. The van der Waals surface area contributed by atoms with Gasteiger partial charge in [0, 0.05) is 6.04 Å². The summed E-state index contributed by atoms with van der Waals surface area (Å²) in [5.74, 6) is -0.000833. The number of nitrogens with one attached hydrogen (secondary N) is 1. The maximum Gasteiger partial charge on any atom is 0.157 e. The summed E-state index contributed by atoms with van der Waals surface area (Å²) in [6, 6.07) is 3.92. The van der Waals surface area contributed by atoms with Crippen molar-refractivity contribution in [1.29, 1.82) is 0 Å². The molecule has 1 aromatic carbocycles. The van der Waals surface area contributed by atoms with E-state index < -0.39 is 0 Å². The second kappa shape index (κ2) is 5.41. The smallest absolute Gasteiger partial charge is 0.157 e. The molecule has 3 N–H and O–H groups in total. The summed E-state index contributed by atoms with van der Waals surface area (Å²) in [6.07, 6.45) is 5.47. The normalized spacial score (nSPS) is 19.0. The number of aromatic hydroxyl groups is 2. The molecular weight excluding hydrogens is 214 g/mol. The van der Waals surface area contributed by atoms with Gasteiger partial charge in [0.05, 0.1) is 0 Å². The predicted octanol–water partition coefficient (Wildman–Crippen LogP) is 2.34. The Labute approximate surface area is 102 Å². The quantitative estimate of drug-likeness (QED) is 0.554. The van der Waals surface area contributed by atoms with Gasteiger partial charge in [0.1, 0.15) is 0 Å². The monoisotopic (exact) mass is 235 g/mol. The van der Waals surface area contributed by atoms with Gasteiger partial charge in [0.25, 0.3) is 0 Å². The molecule has 0 heterocycles. The summed E-state index contributed by atoms with van der Waals surface area (Å²) < 4.78 is 0. The number of phenols is 2. The van der Waals surface area contributed by atoms with Crippen LogP contribution in [0.5, 0.6) is 11.5 Å². The van der Waals surface area contributed by atoms with E-state index in [9.17, 15) is 10.2 Å². The summed E-state index contributed by atoms with van der Waals surface area (Å²) >= 11 is 0. The molecule has 0 saturated heterocycles. The van der Waals surface area contributed by atoms with Gasteiger partial charge in [-0.3, -0.25) is 0 Å². The standard InChI is InChI=1S/C14H21NO2/c1-2-3-6-15-12-5-4-10-8-13(16)14(17)9-11(10)7-12/h8-9,12,15-17H,2-7H2,1H3/t12-/m1/s1. The number of rotatable bonds is 4. The highest BCUT2D eigenvalue weighted by Crippen LogP contribution is 2.32. The van der Waals surface area contributed by atoms with E-state index in [-0.39, 0.29) is 11.5 Å². The number of hydrogen-bond donors (Lipinski definition) is 3. The van der Waals surface area contributed by atoms with Gasteiger partial charge in [0.15, 0.2) is 11.5 Å². The minimum Gasteiger partial charge on any atom is -0.504 e. The zero-order valence-electron chi connectivity index (χ0n) is 10.4. The number of benzene rings is 1. The first-order chi connectivity index (χ1) is 8.20. The zero-order chi connectivity index (χ0) is 12.3. The van der Waals surface area contributed by atoms with Crippen molar-refractivity contribution in [3.8, 4) is 11.5 Å². The Morgan fingerprint density at radius 3 is 2.65 bits per heavy atom. The largest absolute Gasteiger partial charge is 0.504 e. The van der Waals surface area contributed by atoms with Gasteiger partial charge in [-0.15, -0.1) is 0 Å². The molecule has 0 aliphatic heterocycles. The Bertz CT molecular complexity index is 390. The molecule has 1 aliphatic carbocycles. The average Bonchev–Trinajstić information content (AvgIpc) is 2.31. The van der Waals surface area contributed by atoms with Crippen LogP contribution in [0.15, 0.2) is 12.1 Å². The Morgan fingerprint density at radius 1 is 1.24 bits per heavy atom. The fourth-order valence-corrected chi connectivity index (χ4v) is 2.44. The number of unbranched alkanes of at least 4 members (excludes halogenated alkanes) is 1. The van der Waals surface area contributed by atoms with Crippen LogP contribution >= 0.6 is 0 Å². The van der Waals surface area contributed by atoms with Crippen LogP contribution in [0.4, 0.5) is 0 Å². The van der Waals surface area contributed by atoms with Crippen molar-refractivity contribution in [3.63, 3.8) is 0 Å². The molecule has 1 atom stereocenters. The first kappa shape index (κ1) is 12.2. The molecule has 17 heavy (non-hydrogen) atoms. The second-order valence-electron chi connectivity index (χ2n) is 4.86. The van der Waals surface area contributed by atoms with E-state index in [0.717, 1.165) is 25.8 Å². The van der Waals surface area contributed by atoms with E-state index in [2.05, 4.69) is 12.2 Å². The van der Waals surface area contributed by atoms with Crippen molar-refractivity contribution in [1.82, 2.24) is 5.32 Å². The second-order valence-corrected chi connectivity index (χ2v) is 4.86. The molecule has 1 aliphatic rings. The van der Waals surface area contributed by atoms with Crippen LogP contribution in [0.1, 0.15) is 37.3 Å². The summed E-state index contributed by atoms with van der Waals surface area (Å²) in [4.78, 5) is 0. The van der Waals surface area contributed by atoms with Gasteiger partial charge < -0.3 is 15.5 Å². The van der Waals surface area contributed by atoms with Crippen LogP contribution in [-0.2, 0) is 12.8 Å². The van der Waals surface area contributed by atoms with E-state index in [0.29, 0.717) is 6.04 Å². The SMILES string of the molecule is CCCCN[C@@H]1CCc2cc(O)c(O)cc2C1. The van der Waals surface area contributed by atoms with Crippen molar-refractivity contribution in [2.75, 3.05) is 6.54 Å². The van der Waals surface area contributed by atoms with Crippen LogP contribution < -0.4 is 5.32 Å². The molecule has 3 heteroatoms. The maximum absolute atomic E-state index is 9.51. The molecule has 94 valence electrons. The zero-order valence-corrected chi connectivity index (χ0v) is 10.4. The molecule has 1 aromatic rings. The third-order valence-corrected chi connectivity index (χ3v) is 3.49. The lowest BCUT2D eigenvalue weighted by Gasteiger charge is -2.26.